The molecule has 66 heavy (non-hydrogen) atoms. The van der Waals surface area contributed by atoms with E-state index in [2.05, 4.69) is 19.2 Å². The van der Waals surface area contributed by atoms with Gasteiger partial charge in [0.2, 0.25) is 5.91 Å². The van der Waals surface area contributed by atoms with Crippen LogP contribution in [0.15, 0.2) is 0 Å². The Labute approximate surface area is 412 Å². The van der Waals surface area contributed by atoms with Gasteiger partial charge < -0.3 is 19.8 Å². The van der Waals surface area contributed by atoms with Gasteiger partial charge in [-0.3, -0.25) is 13.8 Å². The molecular formula is C57H118N2O6P+. The van der Waals surface area contributed by atoms with Crippen LogP contribution in [0.25, 0.3) is 0 Å². The number of quaternary nitrogens is 1. The first-order chi connectivity index (χ1) is 32.0. The molecule has 1 amide bonds. The van der Waals surface area contributed by atoms with Crippen molar-refractivity contribution in [1.82, 2.24) is 5.32 Å². The van der Waals surface area contributed by atoms with Crippen LogP contribution in [0, 0.1) is 0 Å². The Kier molecular flexibility index (Phi) is 49.1. The van der Waals surface area contributed by atoms with E-state index >= 15 is 0 Å². The highest BCUT2D eigenvalue weighted by atomic mass is 31.2. The Morgan fingerprint density at radius 2 is 0.727 bits per heavy atom. The predicted octanol–water partition coefficient (Wildman–Crippen LogP) is 17.7. The number of amides is 1. The lowest BCUT2D eigenvalue weighted by atomic mass is 10.0. The molecule has 0 aromatic heterocycles. The van der Waals surface area contributed by atoms with Crippen molar-refractivity contribution in [2.45, 2.75) is 321 Å². The summed E-state index contributed by atoms with van der Waals surface area (Å²) in [6.07, 6.45) is 58.7. The number of phosphoric ester groups is 1. The first-order valence-electron chi connectivity index (χ1n) is 29.4. The lowest BCUT2D eigenvalue weighted by molar-refractivity contribution is -0.870. The van der Waals surface area contributed by atoms with Crippen LogP contribution in [-0.2, 0) is 18.4 Å². The molecule has 0 radical (unpaired) electrons. The molecule has 8 nitrogen and oxygen atoms in total. The minimum Gasteiger partial charge on any atom is -0.391 e. The SMILES string of the molecule is CCCCCCCCCCCCCCCCCCCCCCCCCCCCC(O)C(COP(=O)(O)OCC[N+](C)(C)C)NC(=O)CCCCCCCCCCCCCCCCCCCC. The summed E-state index contributed by atoms with van der Waals surface area (Å²) in [4.78, 5) is 23.3. The lowest BCUT2D eigenvalue weighted by Gasteiger charge is -2.26. The van der Waals surface area contributed by atoms with Crippen LogP contribution < -0.4 is 5.32 Å². The van der Waals surface area contributed by atoms with Gasteiger partial charge >= 0.3 is 7.82 Å². The number of likely N-dealkylation sites (N-methyl/N-ethyl adjacent to an activating group) is 1. The number of rotatable bonds is 55. The van der Waals surface area contributed by atoms with Gasteiger partial charge in [-0.2, -0.15) is 0 Å². The van der Waals surface area contributed by atoms with Crippen molar-refractivity contribution in [2.24, 2.45) is 0 Å². The second kappa shape index (κ2) is 49.5. The number of aliphatic hydroxyl groups is 1. The number of phosphoric acid groups is 1. The van der Waals surface area contributed by atoms with E-state index < -0.39 is 20.0 Å². The second-order valence-corrected chi connectivity index (χ2v) is 23.2. The first kappa shape index (κ1) is 65.5. The van der Waals surface area contributed by atoms with Crippen LogP contribution in [-0.4, -0.2) is 73.4 Å². The lowest BCUT2D eigenvalue weighted by Crippen LogP contribution is -2.46. The molecule has 0 saturated heterocycles. The van der Waals surface area contributed by atoms with Gasteiger partial charge in [-0.1, -0.05) is 290 Å². The summed E-state index contributed by atoms with van der Waals surface area (Å²) in [5, 5.41) is 14.1. The molecule has 0 rings (SSSR count). The third-order valence-corrected chi connectivity index (χ3v) is 14.8. The van der Waals surface area contributed by atoms with E-state index in [1.165, 1.54) is 244 Å². The van der Waals surface area contributed by atoms with Crippen LogP contribution in [0.5, 0.6) is 0 Å². The monoisotopic (exact) mass is 958 g/mol. The van der Waals surface area contributed by atoms with Crippen LogP contribution in [0.2, 0.25) is 0 Å². The summed E-state index contributed by atoms with van der Waals surface area (Å²) in [7, 11) is 1.64. The van der Waals surface area contributed by atoms with Gasteiger partial charge in [-0.25, -0.2) is 4.57 Å². The standard InChI is InChI=1S/C57H117N2O6P/c1-6-8-10-12-14-16-18-20-22-24-26-27-28-29-30-31-32-33-34-36-38-40-42-44-46-48-50-56(60)55(54-65-66(62,63)64-53-52-59(3,4)5)58-57(61)51-49-47-45-43-41-39-37-35-25-23-21-19-17-15-13-11-9-7-2/h55-56,60H,6-54H2,1-5H3,(H-,58,61,62,63)/p+1. The molecular weight excluding hydrogens is 840 g/mol. The number of nitrogens with one attached hydrogen (secondary N) is 1. The molecule has 0 aliphatic heterocycles. The molecule has 3 unspecified atom stereocenters. The van der Waals surface area contributed by atoms with Gasteiger partial charge in [0, 0.05) is 6.42 Å². The van der Waals surface area contributed by atoms with Crippen LogP contribution in [0.1, 0.15) is 309 Å². The number of aliphatic hydroxyl groups excluding tert-OH is 1. The fraction of sp³-hybridized carbons (Fsp3) is 0.982. The molecule has 3 N–H and O–H groups in total. The third-order valence-electron chi connectivity index (χ3n) is 13.9. The number of nitrogens with zero attached hydrogens (tertiary/aromatic N) is 1. The van der Waals surface area contributed by atoms with Gasteiger partial charge in [0.1, 0.15) is 13.2 Å². The Bertz CT molecular complexity index is 1040. The van der Waals surface area contributed by atoms with Gasteiger partial charge in [0.05, 0.1) is 39.9 Å². The zero-order valence-corrected chi connectivity index (χ0v) is 46.1. The number of hydrogen-bond acceptors (Lipinski definition) is 5. The van der Waals surface area contributed by atoms with Crippen LogP contribution in [0.4, 0.5) is 0 Å². The maximum atomic E-state index is 13.0. The van der Waals surface area contributed by atoms with Gasteiger partial charge in [-0.05, 0) is 12.8 Å². The minimum atomic E-state index is -4.32. The van der Waals surface area contributed by atoms with Crippen molar-refractivity contribution >= 4 is 13.7 Å². The molecule has 0 spiro atoms. The predicted molar refractivity (Wildman–Crippen MR) is 286 cm³/mol. The van der Waals surface area contributed by atoms with E-state index in [4.69, 9.17) is 9.05 Å². The topological polar surface area (TPSA) is 105 Å². The average Bonchev–Trinajstić information content (AvgIpc) is 3.28. The van der Waals surface area contributed by atoms with E-state index in [-0.39, 0.29) is 19.1 Å². The highest BCUT2D eigenvalue weighted by Gasteiger charge is 2.28. The van der Waals surface area contributed by atoms with Crippen molar-refractivity contribution < 1.29 is 32.9 Å². The van der Waals surface area contributed by atoms with Crippen molar-refractivity contribution in [3.05, 3.63) is 0 Å². The molecule has 0 aromatic carbocycles. The highest BCUT2D eigenvalue weighted by molar-refractivity contribution is 7.47. The number of hydrogen-bond donors (Lipinski definition) is 3. The summed E-state index contributed by atoms with van der Waals surface area (Å²) >= 11 is 0. The summed E-state index contributed by atoms with van der Waals surface area (Å²) < 4.78 is 23.8. The summed E-state index contributed by atoms with van der Waals surface area (Å²) in [6.45, 7) is 4.95. The molecule has 0 aliphatic rings. The van der Waals surface area contributed by atoms with Crippen molar-refractivity contribution in [2.75, 3.05) is 40.9 Å². The summed E-state index contributed by atoms with van der Waals surface area (Å²) in [6, 6.07) is -0.755. The summed E-state index contributed by atoms with van der Waals surface area (Å²) in [5.41, 5.74) is 0. The molecule has 3 atom stereocenters. The molecule has 0 aromatic rings. The number of unbranched alkanes of at least 4 members (excludes halogenated alkanes) is 42. The molecule has 396 valence electrons. The largest absolute Gasteiger partial charge is 0.472 e. The van der Waals surface area contributed by atoms with Crippen LogP contribution in [0.3, 0.4) is 0 Å². The van der Waals surface area contributed by atoms with Crippen LogP contribution >= 0.6 is 7.82 Å². The summed E-state index contributed by atoms with van der Waals surface area (Å²) in [5.74, 6) is -0.136. The second-order valence-electron chi connectivity index (χ2n) is 21.7. The highest BCUT2D eigenvalue weighted by Crippen LogP contribution is 2.43. The zero-order chi connectivity index (χ0) is 48.5. The van der Waals surface area contributed by atoms with Crippen molar-refractivity contribution in [3.8, 4) is 0 Å². The molecule has 9 heteroatoms. The Morgan fingerprint density at radius 1 is 0.455 bits per heavy atom. The van der Waals surface area contributed by atoms with E-state index in [1.807, 2.05) is 21.1 Å². The molecule has 0 aliphatic carbocycles. The van der Waals surface area contributed by atoms with Gasteiger partial charge in [0.15, 0.2) is 0 Å². The van der Waals surface area contributed by atoms with E-state index in [9.17, 15) is 19.4 Å². The quantitative estimate of drug-likeness (QED) is 0.0319. The smallest absolute Gasteiger partial charge is 0.391 e. The Balaban J connectivity index is 4.09. The van der Waals surface area contributed by atoms with E-state index in [0.717, 1.165) is 38.5 Å². The normalized spacial score (nSPS) is 13.9. The maximum Gasteiger partial charge on any atom is 0.472 e. The Hall–Kier alpha value is -0.500. The molecule has 0 saturated carbocycles. The van der Waals surface area contributed by atoms with Crippen molar-refractivity contribution in [3.63, 3.8) is 0 Å². The first-order valence-corrected chi connectivity index (χ1v) is 30.9. The average molecular weight is 959 g/mol. The fourth-order valence-corrected chi connectivity index (χ4v) is 9.96. The maximum absolute atomic E-state index is 13.0. The van der Waals surface area contributed by atoms with E-state index in [0.29, 0.717) is 23.9 Å². The molecule has 0 heterocycles. The third kappa shape index (κ3) is 51.4. The molecule has 0 bridgehead atoms. The van der Waals surface area contributed by atoms with Crippen molar-refractivity contribution in [1.29, 1.82) is 0 Å². The fourth-order valence-electron chi connectivity index (χ4n) is 9.23. The van der Waals surface area contributed by atoms with Gasteiger partial charge in [-0.15, -0.1) is 0 Å². The van der Waals surface area contributed by atoms with E-state index in [1.54, 1.807) is 0 Å². The minimum absolute atomic E-state index is 0.0792. The molecule has 0 fully saturated rings. The zero-order valence-electron chi connectivity index (χ0n) is 45.2. The number of carbonyl (C=O) groups is 1. The Morgan fingerprint density at radius 3 is 1.02 bits per heavy atom. The number of carbonyl (C=O) groups excluding carboxylic acids is 1. The van der Waals surface area contributed by atoms with Gasteiger partial charge in [0.25, 0.3) is 0 Å².